The van der Waals surface area contributed by atoms with Crippen LogP contribution < -0.4 is 10.2 Å². The first-order valence-electron chi connectivity index (χ1n) is 9.97. The van der Waals surface area contributed by atoms with Crippen LogP contribution in [0.1, 0.15) is 25.6 Å². The summed E-state index contributed by atoms with van der Waals surface area (Å²) < 4.78 is 5.31. The fourth-order valence-corrected chi connectivity index (χ4v) is 4.89. The second kappa shape index (κ2) is 8.88. The lowest BCUT2D eigenvalue weighted by Gasteiger charge is -2.34. The molecule has 1 saturated heterocycles. The van der Waals surface area contributed by atoms with E-state index in [1.807, 2.05) is 6.07 Å². The zero-order valence-electron chi connectivity index (χ0n) is 16.9. The maximum Gasteiger partial charge on any atom is 0.216 e. The summed E-state index contributed by atoms with van der Waals surface area (Å²) in [6.45, 7) is 4.51. The van der Waals surface area contributed by atoms with Crippen molar-refractivity contribution in [1.82, 2.24) is 15.3 Å². The van der Waals surface area contributed by atoms with Gasteiger partial charge in [0.25, 0.3) is 0 Å². The molecule has 0 radical (unpaired) electrons. The zero-order chi connectivity index (χ0) is 20.2. The molecule has 2 aromatic heterocycles. The molecule has 1 amide bonds. The highest BCUT2D eigenvalue weighted by molar-refractivity contribution is 7.17. The number of piperidine rings is 1. The summed E-state index contributed by atoms with van der Waals surface area (Å²) in [6, 6.07) is 10.4. The number of amides is 1. The van der Waals surface area contributed by atoms with Crippen molar-refractivity contribution in [3.05, 3.63) is 41.5 Å². The van der Waals surface area contributed by atoms with Crippen molar-refractivity contribution in [3.63, 3.8) is 0 Å². The highest BCUT2D eigenvalue weighted by atomic mass is 32.1. The van der Waals surface area contributed by atoms with Crippen LogP contribution in [0.5, 0.6) is 0 Å². The van der Waals surface area contributed by atoms with Crippen molar-refractivity contribution in [2.75, 3.05) is 31.6 Å². The number of anilines is 1. The van der Waals surface area contributed by atoms with Crippen molar-refractivity contribution in [3.8, 4) is 11.1 Å². The topological polar surface area (TPSA) is 67.3 Å². The number of ether oxygens (including phenoxy) is 1. The van der Waals surface area contributed by atoms with E-state index in [2.05, 4.69) is 39.9 Å². The SMILES string of the molecule is COCc1nc(N2CCCC(CNC(C)=O)C2)c2c(-c3ccccc3)csc2n1. The Kier molecular flexibility index (Phi) is 6.06. The Labute approximate surface area is 174 Å². The normalized spacial score (nSPS) is 16.9. The van der Waals surface area contributed by atoms with Gasteiger partial charge in [-0.1, -0.05) is 30.3 Å². The van der Waals surface area contributed by atoms with Gasteiger partial charge >= 0.3 is 0 Å². The Balaban J connectivity index is 1.74. The molecule has 3 heterocycles. The van der Waals surface area contributed by atoms with E-state index in [1.165, 1.54) is 11.1 Å². The molecule has 1 N–H and O–H groups in total. The molecule has 1 aromatic carbocycles. The van der Waals surface area contributed by atoms with Gasteiger partial charge in [-0.15, -0.1) is 11.3 Å². The molecule has 6 nitrogen and oxygen atoms in total. The number of thiophene rings is 1. The van der Waals surface area contributed by atoms with Gasteiger partial charge in [-0.2, -0.15) is 0 Å². The van der Waals surface area contributed by atoms with Gasteiger partial charge in [0.2, 0.25) is 5.91 Å². The molecule has 1 aliphatic rings. The molecular formula is C22H26N4O2S. The molecule has 1 atom stereocenters. The second-order valence-electron chi connectivity index (χ2n) is 7.48. The van der Waals surface area contributed by atoms with Gasteiger partial charge in [0.1, 0.15) is 17.3 Å². The monoisotopic (exact) mass is 410 g/mol. The van der Waals surface area contributed by atoms with E-state index in [0.29, 0.717) is 24.9 Å². The number of aromatic nitrogens is 2. The average molecular weight is 411 g/mol. The van der Waals surface area contributed by atoms with Crippen LogP contribution in [-0.4, -0.2) is 42.6 Å². The van der Waals surface area contributed by atoms with Crippen LogP contribution in [0.3, 0.4) is 0 Å². The van der Waals surface area contributed by atoms with E-state index in [1.54, 1.807) is 25.4 Å². The number of nitrogens with one attached hydrogen (secondary N) is 1. The zero-order valence-corrected chi connectivity index (χ0v) is 17.7. The van der Waals surface area contributed by atoms with Gasteiger partial charge in [-0.25, -0.2) is 9.97 Å². The van der Waals surface area contributed by atoms with Crippen molar-refractivity contribution < 1.29 is 9.53 Å². The number of hydrogen-bond donors (Lipinski definition) is 1. The van der Waals surface area contributed by atoms with E-state index < -0.39 is 0 Å². The van der Waals surface area contributed by atoms with Gasteiger partial charge in [-0.3, -0.25) is 4.79 Å². The number of nitrogens with zero attached hydrogens (tertiary/aromatic N) is 3. The number of hydrogen-bond acceptors (Lipinski definition) is 6. The fourth-order valence-electron chi connectivity index (χ4n) is 3.93. The van der Waals surface area contributed by atoms with Crippen molar-refractivity contribution >= 4 is 33.3 Å². The predicted molar refractivity (Wildman–Crippen MR) is 117 cm³/mol. The van der Waals surface area contributed by atoms with Crippen LogP contribution in [0, 0.1) is 5.92 Å². The first kappa shape index (κ1) is 19.8. The summed E-state index contributed by atoms with van der Waals surface area (Å²) in [7, 11) is 1.67. The average Bonchev–Trinajstić information content (AvgIpc) is 3.17. The number of carbonyl (C=O) groups excluding carboxylic acids is 1. The van der Waals surface area contributed by atoms with Gasteiger partial charge in [-0.05, 0) is 24.3 Å². The van der Waals surface area contributed by atoms with Gasteiger partial charge in [0, 0.05) is 44.6 Å². The van der Waals surface area contributed by atoms with Crippen LogP contribution >= 0.6 is 11.3 Å². The molecule has 3 aromatic rings. The molecule has 1 unspecified atom stereocenters. The van der Waals surface area contributed by atoms with E-state index in [-0.39, 0.29) is 5.91 Å². The van der Waals surface area contributed by atoms with Crippen LogP contribution in [0.2, 0.25) is 0 Å². The van der Waals surface area contributed by atoms with Gasteiger partial charge in [0.15, 0.2) is 5.82 Å². The molecule has 4 rings (SSSR count). The standard InChI is InChI=1S/C22H26N4O2S/c1-15(27)23-11-16-7-6-10-26(12-16)21-20-18(17-8-4-3-5-9-17)14-29-22(20)25-19(24-21)13-28-2/h3-5,8-9,14,16H,6-7,10-13H2,1-2H3,(H,23,27). The minimum absolute atomic E-state index is 0.0260. The Bertz CT molecular complexity index is 989. The quantitative estimate of drug-likeness (QED) is 0.668. The summed E-state index contributed by atoms with van der Waals surface area (Å²) in [5.41, 5.74) is 2.35. The third kappa shape index (κ3) is 4.41. The minimum Gasteiger partial charge on any atom is -0.377 e. The molecule has 0 bridgehead atoms. The Morgan fingerprint density at radius 1 is 1.31 bits per heavy atom. The number of methoxy groups -OCH3 is 1. The lowest BCUT2D eigenvalue weighted by atomic mass is 9.97. The van der Waals surface area contributed by atoms with Crippen LogP contribution in [0.4, 0.5) is 5.82 Å². The molecular weight excluding hydrogens is 384 g/mol. The Morgan fingerprint density at radius 3 is 2.90 bits per heavy atom. The lowest BCUT2D eigenvalue weighted by molar-refractivity contribution is -0.119. The lowest BCUT2D eigenvalue weighted by Crippen LogP contribution is -2.41. The Morgan fingerprint density at radius 2 is 2.14 bits per heavy atom. The molecule has 0 aliphatic carbocycles. The Hall–Kier alpha value is -2.51. The summed E-state index contributed by atoms with van der Waals surface area (Å²) in [5.74, 6) is 2.13. The van der Waals surface area contributed by atoms with E-state index in [4.69, 9.17) is 14.7 Å². The van der Waals surface area contributed by atoms with Gasteiger partial charge < -0.3 is 15.0 Å². The third-order valence-electron chi connectivity index (χ3n) is 5.28. The molecule has 29 heavy (non-hydrogen) atoms. The highest BCUT2D eigenvalue weighted by Crippen LogP contribution is 2.39. The van der Waals surface area contributed by atoms with Crippen molar-refractivity contribution in [2.45, 2.75) is 26.4 Å². The molecule has 1 fully saturated rings. The molecule has 1 aliphatic heterocycles. The molecule has 152 valence electrons. The summed E-state index contributed by atoms with van der Waals surface area (Å²) in [6.07, 6.45) is 2.20. The summed E-state index contributed by atoms with van der Waals surface area (Å²) >= 11 is 1.65. The van der Waals surface area contributed by atoms with Crippen molar-refractivity contribution in [2.24, 2.45) is 5.92 Å². The summed E-state index contributed by atoms with van der Waals surface area (Å²) in [5, 5.41) is 6.26. The molecule has 0 saturated carbocycles. The van der Waals surface area contributed by atoms with Gasteiger partial charge in [0.05, 0.1) is 5.39 Å². The van der Waals surface area contributed by atoms with Crippen LogP contribution in [0.15, 0.2) is 35.7 Å². The van der Waals surface area contributed by atoms with E-state index in [9.17, 15) is 4.79 Å². The van der Waals surface area contributed by atoms with Crippen LogP contribution in [0.25, 0.3) is 21.3 Å². The molecule has 0 spiro atoms. The number of benzene rings is 1. The second-order valence-corrected chi connectivity index (χ2v) is 8.34. The third-order valence-corrected chi connectivity index (χ3v) is 6.15. The maximum absolute atomic E-state index is 11.3. The first-order chi connectivity index (χ1) is 14.2. The smallest absolute Gasteiger partial charge is 0.216 e. The van der Waals surface area contributed by atoms with E-state index in [0.717, 1.165) is 42.0 Å². The van der Waals surface area contributed by atoms with E-state index >= 15 is 0 Å². The maximum atomic E-state index is 11.3. The predicted octanol–water partition coefficient (Wildman–Crippen LogP) is 3.86. The summed E-state index contributed by atoms with van der Waals surface area (Å²) in [4.78, 5) is 24.3. The van der Waals surface area contributed by atoms with Crippen LogP contribution in [-0.2, 0) is 16.1 Å². The largest absolute Gasteiger partial charge is 0.377 e. The minimum atomic E-state index is 0.0260. The highest BCUT2D eigenvalue weighted by Gasteiger charge is 2.25. The number of fused-ring (bicyclic) bond motifs is 1. The van der Waals surface area contributed by atoms with Crippen molar-refractivity contribution in [1.29, 1.82) is 0 Å². The molecule has 7 heteroatoms. The fraction of sp³-hybridized carbons (Fsp3) is 0.409. The first-order valence-corrected chi connectivity index (χ1v) is 10.9. The number of carbonyl (C=O) groups is 1. The number of rotatable bonds is 6.